The fourth-order valence-corrected chi connectivity index (χ4v) is 16.1. The maximum atomic E-state index is 10.2. The van der Waals surface area contributed by atoms with Crippen LogP contribution in [0.5, 0.6) is 0 Å². The monoisotopic (exact) mass is 935 g/mol. The van der Waals surface area contributed by atoms with Crippen molar-refractivity contribution in [2.45, 2.75) is 0 Å². The van der Waals surface area contributed by atoms with E-state index in [0.717, 1.165) is 65.9 Å². The summed E-state index contributed by atoms with van der Waals surface area (Å²) in [6.45, 7) is 0. The number of benzene rings is 10. The molecule has 0 amide bonds. The van der Waals surface area contributed by atoms with E-state index in [4.69, 9.17) is 15.0 Å². The van der Waals surface area contributed by atoms with Crippen LogP contribution in [0.4, 0.5) is 0 Å². The van der Waals surface area contributed by atoms with Crippen molar-refractivity contribution < 1.29 is 0 Å². The van der Waals surface area contributed by atoms with Crippen molar-refractivity contribution in [3.8, 4) is 35.0 Å². The summed E-state index contributed by atoms with van der Waals surface area (Å²) in [4.78, 5) is 16.3. The molecule has 0 aliphatic heterocycles. The van der Waals surface area contributed by atoms with Gasteiger partial charge in [0.25, 0.3) is 0 Å². The van der Waals surface area contributed by atoms with E-state index in [-0.39, 0.29) is 0 Å². The highest BCUT2D eigenvalue weighted by molar-refractivity contribution is 7.19. The first-order valence-corrected chi connectivity index (χ1v) is 26.2. The van der Waals surface area contributed by atoms with E-state index < -0.39 is 8.07 Å². The molecule has 8 heteroatoms. The molecule has 10 aromatic carbocycles. The summed E-state index contributed by atoms with van der Waals surface area (Å²) in [5.74, 6) is 1.47. The number of para-hydroxylation sites is 4. The first-order chi connectivity index (χ1) is 35.7. The average Bonchev–Trinajstić information content (AvgIpc) is 4.09. The van der Waals surface area contributed by atoms with Crippen LogP contribution >= 0.6 is 0 Å². The third-order valence-corrected chi connectivity index (χ3v) is 19.3. The first-order valence-electron chi connectivity index (χ1n) is 24.2. The van der Waals surface area contributed by atoms with Gasteiger partial charge in [-0.2, -0.15) is 20.2 Å². The first kappa shape index (κ1) is 41.3. The highest BCUT2D eigenvalue weighted by Gasteiger charge is 2.41. The molecule has 72 heavy (non-hydrogen) atoms. The van der Waals surface area contributed by atoms with Crippen LogP contribution in [-0.4, -0.2) is 36.7 Å². The van der Waals surface area contributed by atoms with Crippen LogP contribution in [-0.2, 0) is 0 Å². The van der Waals surface area contributed by atoms with E-state index in [9.17, 15) is 5.26 Å². The third kappa shape index (κ3) is 6.25. The number of hydrogen-bond donors (Lipinski definition) is 0. The third-order valence-electron chi connectivity index (χ3n) is 14.5. The number of fused-ring (bicyclic) bond motifs is 9. The maximum absolute atomic E-state index is 10.2. The molecule has 0 radical (unpaired) electrons. The molecule has 0 atom stereocenters. The van der Waals surface area contributed by atoms with Crippen molar-refractivity contribution in [1.82, 2.24) is 28.7 Å². The number of nitrogens with zero attached hydrogens (tertiary/aromatic N) is 7. The van der Waals surface area contributed by atoms with E-state index in [1.54, 1.807) is 0 Å². The summed E-state index contributed by atoms with van der Waals surface area (Å²) in [5.41, 5.74) is 8.51. The molecule has 4 aromatic heterocycles. The molecule has 0 aliphatic rings. The molecular formula is C64H41N7Si. The molecule has 14 aromatic rings. The fraction of sp³-hybridized carbons (Fsp3) is 0. The minimum atomic E-state index is -2.81. The summed E-state index contributed by atoms with van der Waals surface area (Å²) < 4.78 is 6.62. The van der Waals surface area contributed by atoms with Crippen LogP contribution in [0.2, 0.25) is 0 Å². The molecule has 0 aliphatic carbocycles. The lowest BCUT2D eigenvalue weighted by Crippen LogP contribution is -2.74. The van der Waals surface area contributed by atoms with Gasteiger partial charge in [0.1, 0.15) is 0 Å². The molecule has 0 bridgehead atoms. The van der Waals surface area contributed by atoms with Crippen LogP contribution in [0.1, 0.15) is 5.56 Å². The van der Waals surface area contributed by atoms with Gasteiger partial charge in [-0.05, 0) is 75.3 Å². The zero-order valence-electron chi connectivity index (χ0n) is 38.8. The molecule has 0 N–H and O–H groups in total. The van der Waals surface area contributed by atoms with Crippen molar-refractivity contribution in [1.29, 1.82) is 5.26 Å². The van der Waals surface area contributed by atoms with Crippen LogP contribution in [0.25, 0.3) is 94.4 Å². The molecular weight excluding hydrogens is 895 g/mol. The minimum Gasteiger partial charge on any atom is -0.309 e. The zero-order chi connectivity index (χ0) is 47.8. The van der Waals surface area contributed by atoms with Gasteiger partial charge in [-0.25, -0.2) is 0 Å². The van der Waals surface area contributed by atoms with Gasteiger partial charge >= 0.3 is 0 Å². The Kier molecular flexibility index (Phi) is 9.46. The minimum absolute atomic E-state index is 0.453. The largest absolute Gasteiger partial charge is 0.309 e. The Hall–Kier alpha value is -9.68. The predicted molar refractivity (Wildman–Crippen MR) is 297 cm³/mol. The van der Waals surface area contributed by atoms with Crippen molar-refractivity contribution in [3.63, 3.8) is 0 Å². The number of rotatable bonds is 8. The Morgan fingerprint density at radius 1 is 0.319 bits per heavy atom. The molecule has 336 valence electrons. The lowest BCUT2D eigenvalue weighted by Gasteiger charge is -2.34. The molecule has 4 heterocycles. The lowest BCUT2D eigenvalue weighted by molar-refractivity contribution is 0.893. The van der Waals surface area contributed by atoms with E-state index in [1.807, 2.05) is 30.3 Å². The Labute approximate surface area is 415 Å². The Morgan fingerprint density at radius 2 is 0.722 bits per heavy atom. The van der Waals surface area contributed by atoms with Gasteiger partial charge in [-0.15, -0.1) is 0 Å². The molecule has 7 nitrogen and oxygen atoms in total. The normalized spacial score (nSPS) is 11.9. The van der Waals surface area contributed by atoms with Gasteiger partial charge in [-0.3, -0.25) is 9.13 Å². The lowest BCUT2D eigenvalue weighted by atomic mass is 10.1. The Bertz CT molecular complexity index is 4300. The smallest absolute Gasteiger partial charge is 0.240 e. The van der Waals surface area contributed by atoms with Crippen molar-refractivity contribution >= 4 is 94.2 Å². The molecule has 0 spiro atoms. The molecule has 0 fully saturated rings. The molecule has 0 saturated carbocycles. The van der Waals surface area contributed by atoms with E-state index in [2.05, 4.69) is 238 Å². The predicted octanol–water partition coefficient (Wildman–Crippen LogP) is 12.1. The number of nitriles is 1. The Balaban J connectivity index is 1.02. The quantitative estimate of drug-likeness (QED) is 0.112. The van der Waals surface area contributed by atoms with Gasteiger partial charge in [0.15, 0.2) is 13.9 Å². The number of hydrogen-bond acceptors (Lipinski definition) is 4. The number of aromatic nitrogens is 6. The summed E-state index contributed by atoms with van der Waals surface area (Å²) in [6, 6.07) is 90.8. The highest BCUT2D eigenvalue weighted by Crippen LogP contribution is 2.38. The van der Waals surface area contributed by atoms with E-state index >= 15 is 0 Å². The summed E-state index contributed by atoms with van der Waals surface area (Å²) >= 11 is 0. The van der Waals surface area contributed by atoms with E-state index in [1.165, 1.54) is 31.5 Å². The molecule has 0 saturated heterocycles. The van der Waals surface area contributed by atoms with Crippen LogP contribution in [0.15, 0.2) is 249 Å². The zero-order valence-corrected chi connectivity index (χ0v) is 39.8. The van der Waals surface area contributed by atoms with Crippen LogP contribution in [0.3, 0.4) is 0 Å². The SMILES string of the molecule is N#Cc1ccc2c3ccccc3n(-c3nc(-c4ccc([Si](c5ccccc5)(c5ccccc5)c5ccccc5)cc4)nc(-n4c5ccccc5c5cc(-n6c7ccccc7c7ccccc76)ccc54)n3)c2c1. The highest BCUT2D eigenvalue weighted by atomic mass is 28.3. The van der Waals surface area contributed by atoms with Crippen molar-refractivity contribution in [2.24, 2.45) is 0 Å². The summed E-state index contributed by atoms with van der Waals surface area (Å²) in [5, 5.41) is 22.0. The molecule has 0 unspecified atom stereocenters. The summed E-state index contributed by atoms with van der Waals surface area (Å²) in [7, 11) is -2.81. The summed E-state index contributed by atoms with van der Waals surface area (Å²) in [6.07, 6.45) is 0. The van der Waals surface area contributed by atoms with Crippen LogP contribution < -0.4 is 20.7 Å². The fourth-order valence-electron chi connectivity index (χ4n) is 11.4. The standard InChI is InChI=1S/C64H41N7Si/c65-42-43-32-38-54-52-26-12-16-30-58(52)71(61(54)40-43)64-67-62(44-33-36-49(37-34-44)72(46-18-4-1-5-19-46,47-20-6-2-7-21-47)48-22-8-3-9-23-48)66-63(68-64)70-59-31-17-13-27-53(59)55-41-45(35-39-60(55)70)69-56-28-14-10-24-50(56)51-25-11-15-29-57(51)69/h1-41H. The second-order valence-electron chi connectivity index (χ2n) is 18.3. The molecule has 14 rings (SSSR count). The van der Waals surface area contributed by atoms with Gasteiger partial charge < -0.3 is 4.57 Å². The van der Waals surface area contributed by atoms with Gasteiger partial charge in [0, 0.05) is 43.6 Å². The van der Waals surface area contributed by atoms with Crippen molar-refractivity contribution in [2.75, 3.05) is 0 Å². The second kappa shape index (κ2) is 16.5. The maximum Gasteiger partial charge on any atom is 0.240 e. The second-order valence-corrected chi connectivity index (χ2v) is 22.1. The van der Waals surface area contributed by atoms with Crippen LogP contribution in [0, 0.1) is 11.3 Å². The Morgan fingerprint density at radius 3 is 1.22 bits per heavy atom. The van der Waals surface area contributed by atoms with E-state index in [0.29, 0.717) is 23.3 Å². The van der Waals surface area contributed by atoms with Gasteiger partial charge in [-0.1, -0.05) is 194 Å². The van der Waals surface area contributed by atoms with Gasteiger partial charge in [0.05, 0.1) is 44.7 Å². The topological polar surface area (TPSA) is 77.2 Å². The van der Waals surface area contributed by atoms with Crippen molar-refractivity contribution in [3.05, 3.63) is 254 Å². The average molecular weight is 936 g/mol. The van der Waals surface area contributed by atoms with Gasteiger partial charge in [0.2, 0.25) is 11.9 Å².